The van der Waals surface area contributed by atoms with Crippen molar-refractivity contribution in [1.29, 1.82) is 0 Å². The molecule has 3 aromatic heterocycles. The molecule has 0 aliphatic heterocycles. The van der Waals surface area contributed by atoms with Gasteiger partial charge in [0.25, 0.3) is 0 Å². The molecule has 0 N–H and O–H groups in total. The molecular formula is C51H38N4O. The first kappa shape index (κ1) is 32.6. The van der Waals surface area contributed by atoms with E-state index < -0.39 is 0 Å². The molecular weight excluding hydrogens is 685 g/mol. The topological polar surface area (TPSA) is 56.7 Å². The lowest BCUT2D eigenvalue weighted by Crippen LogP contribution is -2.43. The van der Waals surface area contributed by atoms with Crippen LogP contribution in [0.2, 0.25) is 0 Å². The van der Waals surface area contributed by atoms with Crippen molar-refractivity contribution in [3.63, 3.8) is 0 Å². The minimum atomic E-state index is -0.189. The Morgan fingerprint density at radius 1 is 0.464 bits per heavy atom. The highest BCUT2D eigenvalue weighted by Crippen LogP contribution is 2.56. The Bertz CT molecular complexity index is 3200. The number of para-hydroxylation sites is 2. The Morgan fingerprint density at radius 3 is 1.96 bits per heavy atom. The van der Waals surface area contributed by atoms with E-state index in [1.807, 2.05) is 48.5 Å². The molecule has 3 heterocycles. The molecule has 1 aliphatic rings. The maximum absolute atomic E-state index is 6.28. The number of rotatable bonds is 4. The van der Waals surface area contributed by atoms with Gasteiger partial charge >= 0.3 is 0 Å². The third-order valence-electron chi connectivity index (χ3n) is 12.6. The molecule has 0 radical (unpaired) electrons. The number of benzene rings is 7. The zero-order valence-electron chi connectivity index (χ0n) is 31.7. The predicted molar refractivity (Wildman–Crippen MR) is 229 cm³/mol. The Kier molecular flexibility index (Phi) is 6.88. The molecule has 1 aliphatic carbocycles. The zero-order chi connectivity index (χ0) is 37.8. The molecule has 10 aromatic rings. The van der Waals surface area contributed by atoms with Crippen molar-refractivity contribution < 1.29 is 4.42 Å². The second-order valence-corrected chi connectivity index (χ2v) is 16.0. The standard InChI is InChI=1S/C51H38N4O/c1-50(2)40-24-11-8-20-34(40)36-28-29-37-35-21-9-12-25-41(35)55(46(37)45(36)51(50,3)4)33-19-14-18-32(30-33)48-52-47(31-16-6-5-7-17-31)53-49(54-48)39-23-15-27-43-44(39)38-22-10-13-26-42(38)56-43/h5-30H,1-4H3. The van der Waals surface area contributed by atoms with Crippen molar-refractivity contribution in [2.45, 2.75) is 38.5 Å². The highest BCUT2D eigenvalue weighted by molar-refractivity contribution is 6.13. The van der Waals surface area contributed by atoms with E-state index in [0.29, 0.717) is 17.5 Å². The van der Waals surface area contributed by atoms with Crippen LogP contribution < -0.4 is 0 Å². The minimum absolute atomic E-state index is 0.119. The fourth-order valence-electron chi connectivity index (χ4n) is 9.18. The van der Waals surface area contributed by atoms with E-state index >= 15 is 0 Å². The highest BCUT2D eigenvalue weighted by atomic mass is 16.3. The Balaban J connectivity index is 1.17. The molecule has 11 rings (SSSR count). The van der Waals surface area contributed by atoms with Crippen molar-refractivity contribution in [2.75, 3.05) is 0 Å². The van der Waals surface area contributed by atoms with Gasteiger partial charge in [-0.1, -0.05) is 155 Å². The first-order valence-electron chi connectivity index (χ1n) is 19.3. The summed E-state index contributed by atoms with van der Waals surface area (Å²) in [6.45, 7) is 9.63. The van der Waals surface area contributed by atoms with Crippen molar-refractivity contribution in [2.24, 2.45) is 0 Å². The van der Waals surface area contributed by atoms with Gasteiger partial charge in [0.15, 0.2) is 17.5 Å². The average Bonchev–Trinajstić information content (AvgIpc) is 3.79. The molecule has 268 valence electrons. The Hall–Kier alpha value is -6.85. The van der Waals surface area contributed by atoms with Gasteiger partial charge in [-0.3, -0.25) is 0 Å². The van der Waals surface area contributed by atoms with Gasteiger partial charge in [-0.2, -0.15) is 0 Å². The van der Waals surface area contributed by atoms with Gasteiger partial charge in [-0.05, 0) is 58.0 Å². The van der Waals surface area contributed by atoms with Crippen LogP contribution in [0.1, 0.15) is 38.8 Å². The van der Waals surface area contributed by atoms with E-state index in [2.05, 4.69) is 141 Å². The number of nitrogens with zero attached hydrogens (tertiary/aromatic N) is 4. The van der Waals surface area contributed by atoms with Crippen LogP contribution in [-0.4, -0.2) is 19.5 Å². The number of hydrogen-bond acceptors (Lipinski definition) is 4. The normalized spacial score (nSPS) is 14.4. The van der Waals surface area contributed by atoms with E-state index in [4.69, 9.17) is 19.4 Å². The van der Waals surface area contributed by atoms with Crippen LogP contribution in [0.3, 0.4) is 0 Å². The maximum atomic E-state index is 6.28. The Labute approximate surface area is 324 Å². The van der Waals surface area contributed by atoms with E-state index in [1.165, 1.54) is 44.1 Å². The summed E-state index contributed by atoms with van der Waals surface area (Å²) < 4.78 is 8.75. The molecule has 5 heteroatoms. The molecule has 0 unspecified atom stereocenters. The maximum Gasteiger partial charge on any atom is 0.164 e. The van der Waals surface area contributed by atoms with Crippen LogP contribution in [0.4, 0.5) is 0 Å². The zero-order valence-corrected chi connectivity index (χ0v) is 31.7. The largest absolute Gasteiger partial charge is 0.456 e. The summed E-state index contributed by atoms with van der Waals surface area (Å²) in [7, 11) is 0. The summed E-state index contributed by atoms with van der Waals surface area (Å²) in [5, 5.41) is 4.52. The first-order valence-corrected chi connectivity index (χ1v) is 19.3. The van der Waals surface area contributed by atoms with Crippen molar-refractivity contribution in [3.8, 4) is 51.0 Å². The van der Waals surface area contributed by atoms with Crippen LogP contribution in [0, 0.1) is 0 Å². The van der Waals surface area contributed by atoms with Crippen LogP contribution >= 0.6 is 0 Å². The molecule has 0 bridgehead atoms. The minimum Gasteiger partial charge on any atom is -0.456 e. The second-order valence-electron chi connectivity index (χ2n) is 16.0. The fourth-order valence-corrected chi connectivity index (χ4v) is 9.18. The molecule has 0 spiro atoms. The number of furan rings is 1. The second kappa shape index (κ2) is 11.8. The molecule has 7 aromatic carbocycles. The Morgan fingerprint density at radius 2 is 1.11 bits per heavy atom. The van der Waals surface area contributed by atoms with Gasteiger partial charge in [0.2, 0.25) is 0 Å². The molecule has 56 heavy (non-hydrogen) atoms. The number of hydrogen-bond donors (Lipinski definition) is 0. The summed E-state index contributed by atoms with van der Waals surface area (Å²) >= 11 is 0. The molecule has 0 saturated carbocycles. The van der Waals surface area contributed by atoms with Gasteiger partial charge in [0.1, 0.15) is 11.2 Å². The summed E-state index contributed by atoms with van der Waals surface area (Å²) in [6, 6.07) is 55.5. The van der Waals surface area contributed by atoms with E-state index in [9.17, 15) is 0 Å². The van der Waals surface area contributed by atoms with Gasteiger partial charge in [-0.25, -0.2) is 15.0 Å². The van der Waals surface area contributed by atoms with Crippen LogP contribution in [-0.2, 0) is 10.8 Å². The third kappa shape index (κ3) is 4.58. The quantitative estimate of drug-likeness (QED) is 0.181. The fraction of sp³-hybridized carbons (Fsp3) is 0.118. The van der Waals surface area contributed by atoms with Crippen LogP contribution in [0.15, 0.2) is 162 Å². The summed E-state index contributed by atoms with van der Waals surface area (Å²) in [4.78, 5) is 15.5. The number of fused-ring (bicyclic) bond motifs is 10. The molecule has 5 nitrogen and oxygen atoms in total. The average molecular weight is 723 g/mol. The van der Waals surface area contributed by atoms with E-state index in [0.717, 1.165) is 44.3 Å². The molecule has 0 amide bonds. The van der Waals surface area contributed by atoms with E-state index in [-0.39, 0.29) is 10.8 Å². The third-order valence-corrected chi connectivity index (χ3v) is 12.6. The summed E-state index contributed by atoms with van der Waals surface area (Å²) in [5.41, 5.74) is 12.9. The molecule has 0 saturated heterocycles. The lowest BCUT2D eigenvalue weighted by molar-refractivity contribution is 0.301. The molecule has 0 fully saturated rings. The van der Waals surface area contributed by atoms with Crippen molar-refractivity contribution >= 4 is 43.7 Å². The van der Waals surface area contributed by atoms with Crippen molar-refractivity contribution in [3.05, 3.63) is 169 Å². The smallest absolute Gasteiger partial charge is 0.164 e. The van der Waals surface area contributed by atoms with Crippen LogP contribution in [0.25, 0.3) is 94.7 Å². The van der Waals surface area contributed by atoms with Gasteiger partial charge in [0, 0.05) is 49.3 Å². The van der Waals surface area contributed by atoms with Crippen LogP contribution in [0.5, 0.6) is 0 Å². The van der Waals surface area contributed by atoms with Crippen molar-refractivity contribution in [1.82, 2.24) is 19.5 Å². The monoisotopic (exact) mass is 722 g/mol. The molecule has 0 atom stereocenters. The number of aromatic nitrogens is 4. The lowest BCUT2D eigenvalue weighted by atomic mass is 9.55. The van der Waals surface area contributed by atoms with Gasteiger partial charge in [0.05, 0.1) is 11.0 Å². The first-order chi connectivity index (χ1) is 27.3. The summed E-state index contributed by atoms with van der Waals surface area (Å²) in [5.74, 6) is 1.83. The SMILES string of the molecule is CC1(C)c2ccccc2-c2ccc3c4ccccc4n(-c4cccc(-c5nc(-c6ccccc6)nc(-c6cccc7oc8ccccc8c67)n5)c4)c3c2C1(C)C. The van der Waals surface area contributed by atoms with Gasteiger partial charge < -0.3 is 8.98 Å². The predicted octanol–water partition coefficient (Wildman–Crippen LogP) is 13.1. The highest BCUT2D eigenvalue weighted by Gasteiger charge is 2.47. The summed E-state index contributed by atoms with van der Waals surface area (Å²) in [6.07, 6.45) is 0. The van der Waals surface area contributed by atoms with E-state index in [1.54, 1.807) is 0 Å². The lowest BCUT2D eigenvalue weighted by Gasteiger charge is -2.48. The van der Waals surface area contributed by atoms with Gasteiger partial charge in [-0.15, -0.1) is 0 Å².